The molecular weight excluding hydrogens is 331 g/mol. The van der Waals surface area contributed by atoms with Gasteiger partial charge in [-0.1, -0.05) is 17.2 Å². The van der Waals surface area contributed by atoms with Crippen LogP contribution in [-0.4, -0.2) is 29.8 Å². The number of anilines is 1. The molecule has 2 aromatic rings. The summed E-state index contributed by atoms with van der Waals surface area (Å²) >= 11 is 0. The summed E-state index contributed by atoms with van der Waals surface area (Å²) in [7, 11) is 0. The van der Waals surface area contributed by atoms with Gasteiger partial charge in [0.25, 0.3) is 5.91 Å². The molecule has 0 radical (unpaired) electrons. The van der Waals surface area contributed by atoms with E-state index >= 15 is 0 Å². The number of benzene rings is 2. The van der Waals surface area contributed by atoms with Crippen LogP contribution in [0, 0.1) is 25.6 Å². The molecule has 1 aliphatic heterocycles. The molecular formula is C21H23FN2O2. The van der Waals surface area contributed by atoms with Crippen molar-refractivity contribution in [3.8, 4) is 0 Å². The molecule has 1 atom stereocenters. The van der Waals surface area contributed by atoms with Crippen LogP contribution >= 0.6 is 0 Å². The van der Waals surface area contributed by atoms with E-state index in [9.17, 15) is 14.0 Å². The average molecular weight is 354 g/mol. The highest BCUT2D eigenvalue weighted by Crippen LogP contribution is 2.21. The van der Waals surface area contributed by atoms with Gasteiger partial charge < -0.3 is 10.2 Å². The van der Waals surface area contributed by atoms with Gasteiger partial charge in [0.15, 0.2) is 0 Å². The maximum Gasteiger partial charge on any atom is 0.253 e. The molecule has 0 spiro atoms. The summed E-state index contributed by atoms with van der Waals surface area (Å²) in [5, 5.41) is 2.81. The molecule has 1 heterocycles. The molecule has 2 aromatic carbocycles. The summed E-state index contributed by atoms with van der Waals surface area (Å²) in [6, 6.07) is 11.5. The lowest BCUT2D eigenvalue weighted by molar-refractivity contribution is -0.121. The number of carbonyl (C=O) groups excluding carboxylic acids is 2. The molecule has 1 N–H and O–H groups in total. The van der Waals surface area contributed by atoms with Gasteiger partial charge >= 0.3 is 0 Å². The van der Waals surface area contributed by atoms with Crippen molar-refractivity contribution in [1.82, 2.24) is 4.90 Å². The lowest BCUT2D eigenvalue weighted by Crippen LogP contribution is -2.43. The molecule has 5 heteroatoms. The van der Waals surface area contributed by atoms with Crippen LogP contribution in [0.3, 0.4) is 0 Å². The minimum Gasteiger partial charge on any atom is -0.338 e. The lowest BCUT2D eigenvalue weighted by Gasteiger charge is -2.32. The maximum absolute atomic E-state index is 13.0. The second-order valence-corrected chi connectivity index (χ2v) is 6.96. The molecule has 26 heavy (non-hydrogen) atoms. The summed E-state index contributed by atoms with van der Waals surface area (Å²) in [5.41, 5.74) is 3.34. The number of carbonyl (C=O) groups is 2. The standard InChI is InChI=1S/C21H23FN2O2/c1-14-10-15(2)12-17(11-14)21(26)24-9-3-4-16(13-24)20(25)23-19-7-5-18(22)6-8-19/h5-8,10-12,16H,3-4,9,13H2,1-2H3,(H,23,25)/t16-/m1/s1. The van der Waals surface area contributed by atoms with Crippen LogP contribution in [0.1, 0.15) is 34.3 Å². The molecule has 2 amide bonds. The maximum atomic E-state index is 13.0. The quantitative estimate of drug-likeness (QED) is 0.908. The normalized spacial score (nSPS) is 17.0. The Morgan fingerprint density at radius 2 is 1.73 bits per heavy atom. The topological polar surface area (TPSA) is 49.4 Å². The van der Waals surface area contributed by atoms with Gasteiger partial charge in [0.1, 0.15) is 5.82 Å². The number of nitrogens with one attached hydrogen (secondary N) is 1. The number of aryl methyl sites for hydroxylation is 2. The monoisotopic (exact) mass is 354 g/mol. The fourth-order valence-electron chi connectivity index (χ4n) is 3.43. The van der Waals surface area contributed by atoms with Crippen LogP contribution in [0.2, 0.25) is 0 Å². The van der Waals surface area contributed by atoms with Crippen molar-refractivity contribution in [2.75, 3.05) is 18.4 Å². The van der Waals surface area contributed by atoms with Gasteiger partial charge in [0.05, 0.1) is 5.92 Å². The van der Waals surface area contributed by atoms with Gasteiger partial charge in [-0.2, -0.15) is 0 Å². The summed E-state index contributed by atoms with van der Waals surface area (Å²) in [4.78, 5) is 27.1. The Morgan fingerprint density at radius 3 is 2.38 bits per heavy atom. The van der Waals surface area contributed by atoms with E-state index in [1.807, 2.05) is 32.0 Å². The van der Waals surface area contributed by atoms with Crippen molar-refractivity contribution >= 4 is 17.5 Å². The number of piperidine rings is 1. The predicted molar refractivity (Wildman–Crippen MR) is 99.6 cm³/mol. The predicted octanol–water partition coefficient (Wildman–Crippen LogP) is 3.93. The molecule has 4 nitrogen and oxygen atoms in total. The highest BCUT2D eigenvalue weighted by molar-refractivity contribution is 5.96. The second-order valence-electron chi connectivity index (χ2n) is 6.96. The van der Waals surface area contributed by atoms with Crippen molar-refractivity contribution in [3.63, 3.8) is 0 Å². The number of halogens is 1. The second kappa shape index (κ2) is 7.68. The zero-order chi connectivity index (χ0) is 18.7. The van der Waals surface area contributed by atoms with E-state index in [0.29, 0.717) is 24.3 Å². The van der Waals surface area contributed by atoms with Crippen LogP contribution in [0.5, 0.6) is 0 Å². The van der Waals surface area contributed by atoms with E-state index in [1.54, 1.807) is 4.90 Å². The Bertz CT molecular complexity index is 797. The molecule has 136 valence electrons. The minimum absolute atomic E-state index is 0.0314. The van der Waals surface area contributed by atoms with Crippen LogP contribution in [0.25, 0.3) is 0 Å². The summed E-state index contributed by atoms with van der Waals surface area (Å²) in [6.45, 7) is 5.00. The zero-order valence-electron chi connectivity index (χ0n) is 15.1. The van der Waals surface area contributed by atoms with Crippen molar-refractivity contribution in [1.29, 1.82) is 0 Å². The lowest BCUT2D eigenvalue weighted by atomic mass is 9.96. The molecule has 1 fully saturated rings. The van der Waals surface area contributed by atoms with E-state index in [4.69, 9.17) is 0 Å². The van der Waals surface area contributed by atoms with Crippen molar-refractivity contribution in [3.05, 3.63) is 65.0 Å². The first-order valence-electron chi connectivity index (χ1n) is 8.86. The smallest absolute Gasteiger partial charge is 0.253 e. The van der Waals surface area contributed by atoms with E-state index in [-0.39, 0.29) is 23.5 Å². The first-order valence-corrected chi connectivity index (χ1v) is 8.86. The van der Waals surface area contributed by atoms with Gasteiger partial charge in [-0.3, -0.25) is 9.59 Å². The Hall–Kier alpha value is -2.69. The summed E-state index contributed by atoms with van der Waals surface area (Å²) in [6.07, 6.45) is 1.53. The third kappa shape index (κ3) is 4.28. The van der Waals surface area contributed by atoms with Gasteiger partial charge in [-0.05, 0) is 63.1 Å². The van der Waals surface area contributed by atoms with Gasteiger partial charge in [-0.15, -0.1) is 0 Å². The number of hydrogen-bond acceptors (Lipinski definition) is 2. The van der Waals surface area contributed by atoms with Crippen LogP contribution < -0.4 is 5.32 Å². The third-order valence-corrected chi connectivity index (χ3v) is 4.66. The molecule has 3 rings (SSSR count). The SMILES string of the molecule is Cc1cc(C)cc(C(=O)N2CCC[C@@H](C(=O)Nc3ccc(F)cc3)C2)c1. The van der Waals surface area contributed by atoms with Gasteiger partial charge in [0, 0.05) is 24.3 Å². The third-order valence-electron chi connectivity index (χ3n) is 4.66. The number of rotatable bonds is 3. The van der Waals surface area contributed by atoms with Crippen LogP contribution in [0.4, 0.5) is 10.1 Å². The van der Waals surface area contributed by atoms with E-state index in [0.717, 1.165) is 24.0 Å². The Kier molecular flexibility index (Phi) is 5.35. The Morgan fingerprint density at radius 1 is 1.08 bits per heavy atom. The summed E-state index contributed by atoms with van der Waals surface area (Å²) in [5.74, 6) is -0.764. The van der Waals surface area contributed by atoms with Crippen molar-refractivity contribution in [2.24, 2.45) is 5.92 Å². The molecule has 1 saturated heterocycles. The van der Waals surface area contributed by atoms with Gasteiger partial charge in [0.2, 0.25) is 5.91 Å². The number of likely N-dealkylation sites (tertiary alicyclic amines) is 1. The number of hydrogen-bond donors (Lipinski definition) is 1. The molecule has 0 saturated carbocycles. The molecule has 0 unspecified atom stereocenters. The zero-order valence-corrected chi connectivity index (χ0v) is 15.1. The minimum atomic E-state index is -0.342. The first-order chi connectivity index (χ1) is 12.4. The van der Waals surface area contributed by atoms with Crippen LogP contribution in [-0.2, 0) is 4.79 Å². The molecule has 0 aliphatic carbocycles. The molecule has 0 aromatic heterocycles. The largest absolute Gasteiger partial charge is 0.338 e. The Balaban J connectivity index is 1.67. The van der Waals surface area contributed by atoms with Crippen molar-refractivity contribution < 1.29 is 14.0 Å². The molecule has 1 aliphatic rings. The van der Waals surface area contributed by atoms with E-state index < -0.39 is 0 Å². The summed E-state index contributed by atoms with van der Waals surface area (Å²) < 4.78 is 13.0. The van der Waals surface area contributed by atoms with Crippen LogP contribution in [0.15, 0.2) is 42.5 Å². The highest BCUT2D eigenvalue weighted by atomic mass is 19.1. The van der Waals surface area contributed by atoms with E-state index in [2.05, 4.69) is 5.32 Å². The van der Waals surface area contributed by atoms with Gasteiger partial charge in [-0.25, -0.2) is 4.39 Å². The first kappa shape index (κ1) is 18.1. The van der Waals surface area contributed by atoms with E-state index in [1.165, 1.54) is 24.3 Å². The molecule has 0 bridgehead atoms. The Labute approximate surface area is 153 Å². The fraction of sp³-hybridized carbons (Fsp3) is 0.333. The van der Waals surface area contributed by atoms with Crippen molar-refractivity contribution in [2.45, 2.75) is 26.7 Å². The number of amides is 2. The fourth-order valence-corrected chi connectivity index (χ4v) is 3.43. The highest BCUT2D eigenvalue weighted by Gasteiger charge is 2.29. The number of nitrogens with zero attached hydrogens (tertiary/aromatic N) is 1. The average Bonchev–Trinajstić information content (AvgIpc) is 2.62.